The van der Waals surface area contributed by atoms with E-state index in [9.17, 15) is 0 Å². The van der Waals surface area contributed by atoms with Gasteiger partial charge in [-0.15, -0.1) is 11.6 Å². The predicted molar refractivity (Wildman–Crippen MR) is 165 cm³/mol. The summed E-state index contributed by atoms with van der Waals surface area (Å²) in [6, 6.07) is 3.82. The molecule has 0 saturated carbocycles. The second-order valence-corrected chi connectivity index (χ2v) is 22.9. The molecule has 10 heteroatoms. The molecule has 0 aliphatic rings. The van der Waals surface area contributed by atoms with Gasteiger partial charge in [-0.05, 0) is 74.1 Å². The first kappa shape index (κ1) is 35.1. The largest absolute Gasteiger partial charge is 0.417 e. The molecule has 0 aliphatic heterocycles. The van der Waals surface area contributed by atoms with Gasteiger partial charge in [0.1, 0.15) is 0 Å². The number of aromatic nitrogens is 4. The molecule has 0 aromatic carbocycles. The molecule has 0 unspecified atom stereocenters. The van der Waals surface area contributed by atoms with Gasteiger partial charge in [0.15, 0.2) is 16.6 Å². The van der Waals surface area contributed by atoms with Crippen molar-refractivity contribution in [1.29, 1.82) is 0 Å². The van der Waals surface area contributed by atoms with Crippen molar-refractivity contribution in [3.05, 3.63) is 35.9 Å². The summed E-state index contributed by atoms with van der Waals surface area (Å²) >= 11 is 5.84. The van der Waals surface area contributed by atoms with Crippen LogP contribution in [0, 0.1) is 0 Å². The number of hydrogen-bond donors (Lipinski definition) is 1. The van der Waals surface area contributed by atoms with Gasteiger partial charge in [0.25, 0.3) is 0 Å². The van der Waals surface area contributed by atoms with Crippen LogP contribution in [0.5, 0.6) is 0 Å². The molecule has 38 heavy (non-hydrogen) atoms. The van der Waals surface area contributed by atoms with Gasteiger partial charge in [0.2, 0.25) is 0 Å². The van der Waals surface area contributed by atoms with Crippen molar-refractivity contribution in [3.8, 4) is 0 Å². The molecule has 0 radical (unpaired) electrons. The highest BCUT2D eigenvalue weighted by molar-refractivity contribution is 6.74. The van der Waals surface area contributed by atoms with E-state index in [0.29, 0.717) is 10.9 Å². The van der Waals surface area contributed by atoms with Gasteiger partial charge in [-0.3, -0.25) is 9.36 Å². The predicted octanol–water partition coefficient (Wildman–Crippen LogP) is 7.60. The van der Waals surface area contributed by atoms with Crippen LogP contribution in [0.1, 0.15) is 78.6 Å². The lowest BCUT2D eigenvalue weighted by Crippen LogP contribution is -2.40. The van der Waals surface area contributed by atoms with E-state index in [0.717, 1.165) is 63.4 Å². The van der Waals surface area contributed by atoms with E-state index in [1.54, 1.807) is 6.20 Å². The molecular formula is C28H55ClN4O3Si2. The van der Waals surface area contributed by atoms with Gasteiger partial charge in [-0.1, -0.05) is 41.5 Å². The Balaban J connectivity index is 0.000000380. The van der Waals surface area contributed by atoms with Crippen LogP contribution in [-0.2, 0) is 34.4 Å². The summed E-state index contributed by atoms with van der Waals surface area (Å²) in [6.07, 6.45) is 7.77. The lowest BCUT2D eigenvalue weighted by molar-refractivity contribution is 0.260. The lowest BCUT2D eigenvalue weighted by atomic mass is 10.2. The first-order chi connectivity index (χ1) is 17.6. The molecule has 2 aromatic heterocycles. The third-order valence-corrected chi connectivity index (χ3v) is 17.3. The van der Waals surface area contributed by atoms with E-state index < -0.39 is 16.6 Å². The Labute approximate surface area is 239 Å². The minimum absolute atomic E-state index is 0.0560. The smallest absolute Gasteiger partial charge is 0.191 e. The summed E-state index contributed by atoms with van der Waals surface area (Å²) in [5, 5.41) is 18.2. The number of rotatable bonds is 14. The topological polar surface area (TPSA) is 74.3 Å². The number of aliphatic hydroxyl groups is 1. The fraction of sp³-hybridized carbons (Fsp3) is 0.786. The van der Waals surface area contributed by atoms with Crippen molar-refractivity contribution >= 4 is 28.2 Å². The van der Waals surface area contributed by atoms with Crippen molar-refractivity contribution in [3.63, 3.8) is 0 Å². The zero-order chi connectivity index (χ0) is 29.0. The number of nitrogens with zero attached hydrogens (tertiary/aromatic N) is 4. The summed E-state index contributed by atoms with van der Waals surface area (Å²) in [6.45, 7) is 26.3. The third kappa shape index (κ3) is 11.6. The first-order valence-corrected chi connectivity index (χ1v) is 20.4. The highest BCUT2D eigenvalue weighted by atomic mass is 35.5. The molecule has 0 bridgehead atoms. The van der Waals surface area contributed by atoms with Crippen LogP contribution in [0.4, 0.5) is 0 Å². The Morgan fingerprint density at radius 2 is 1.13 bits per heavy atom. The molecular weight excluding hydrogens is 532 g/mol. The van der Waals surface area contributed by atoms with E-state index >= 15 is 0 Å². The molecule has 0 amide bonds. The van der Waals surface area contributed by atoms with Gasteiger partial charge in [0, 0.05) is 38.7 Å². The van der Waals surface area contributed by atoms with Gasteiger partial charge >= 0.3 is 0 Å². The summed E-state index contributed by atoms with van der Waals surface area (Å²) < 4.78 is 16.1. The number of hydrogen-bond acceptors (Lipinski definition) is 5. The SMILES string of the molecule is CC(C)(C)[Si](C)(C)OCCCCn1nccc1CCl.CC(C)(C)[Si](C)(C)OCCCCn1nccc1CO. The number of aryl methyl sites for hydroxylation is 2. The van der Waals surface area contributed by atoms with Crippen molar-refractivity contribution in [2.45, 2.75) is 129 Å². The molecule has 2 rings (SSSR count). The third-order valence-electron chi connectivity index (χ3n) is 7.97. The van der Waals surface area contributed by atoms with Crippen LogP contribution in [-0.4, -0.2) is 54.5 Å². The minimum Gasteiger partial charge on any atom is -0.417 e. The number of unbranched alkanes of at least 4 members (excludes halogenated alkanes) is 2. The molecule has 2 heterocycles. The monoisotopic (exact) mass is 586 g/mol. The maximum atomic E-state index is 9.13. The van der Waals surface area contributed by atoms with E-state index in [1.807, 2.05) is 27.7 Å². The van der Waals surface area contributed by atoms with E-state index in [2.05, 4.69) is 77.9 Å². The maximum Gasteiger partial charge on any atom is 0.191 e. The lowest BCUT2D eigenvalue weighted by Gasteiger charge is -2.36. The normalized spacial score (nSPS) is 12.9. The van der Waals surface area contributed by atoms with Crippen molar-refractivity contribution in [2.75, 3.05) is 13.2 Å². The average Bonchev–Trinajstić information content (AvgIpc) is 3.46. The highest BCUT2D eigenvalue weighted by Crippen LogP contribution is 2.37. The van der Waals surface area contributed by atoms with Crippen LogP contribution in [0.3, 0.4) is 0 Å². The van der Waals surface area contributed by atoms with E-state index in [-0.39, 0.29) is 11.6 Å². The Bertz CT molecular complexity index is 844. The second-order valence-electron chi connectivity index (χ2n) is 13.0. The maximum absolute atomic E-state index is 9.13. The van der Waals surface area contributed by atoms with Crippen LogP contribution >= 0.6 is 11.6 Å². The Hall–Kier alpha value is -0.976. The van der Waals surface area contributed by atoms with Crippen LogP contribution < -0.4 is 0 Å². The summed E-state index contributed by atoms with van der Waals surface area (Å²) in [4.78, 5) is 0. The molecule has 220 valence electrons. The van der Waals surface area contributed by atoms with Gasteiger partial charge in [0.05, 0.1) is 23.9 Å². The molecule has 0 fully saturated rings. The van der Waals surface area contributed by atoms with Gasteiger partial charge in [-0.25, -0.2) is 0 Å². The van der Waals surface area contributed by atoms with E-state index in [1.165, 1.54) is 0 Å². The summed E-state index contributed by atoms with van der Waals surface area (Å²) in [5.74, 6) is 0.528. The van der Waals surface area contributed by atoms with Crippen molar-refractivity contribution < 1.29 is 14.0 Å². The molecule has 0 aliphatic carbocycles. The zero-order valence-corrected chi connectivity index (χ0v) is 28.6. The molecule has 2 aromatic rings. The molecule has 1 N–H and O–H groups in total. The zero-order valence-electron chi connectivity index (χ0n) is 25.8. The molecule has 0 saturated heterocycles. The first-order valence-electron chi connectivity index (χ1n) is 14.0. The van der Waals surface area contributed by atoms with Crippen molar-refractivity contribution in [2.24, 2.45) is 0 Å². The van der Waals surface area contributed by atoms with Crippen LogP contribution in [0.25, 0.3) is 0 Å². The standard InChI is InChI=1S/C14H27ClN2OSi.C14H28N2O2Si/c1-14(2,3)19(4,5)18-11-7-6-10-17-13(12-15)8-9-16-17;1-14(2,3)19(4,5)18-11-7-6-10-16-13(12-17)8-9-15-16/h8-9H,6-7,10-12H2,1-5H3;8-9,17H,6-7,10-12H2,1-5H3. The number of alkyl halides is 1. The number of aliphatic hydroxyl groups excluding tert-OH is 1. The average molecular weight is 587 g/mol. The van der Waals surface area contributed by atoms with Crippen LogP contribution in [0.15, 0.2) is 24.5 Å². The quantitative estimate of drug-likeness (QED) is 0.140. The highest BCUT2D eigenvalue weighted by Gasteiger charge is 2.37. The number of halogens is 1. The summed E-state index contributed by atoms with van der Waals surface area (Å²) in [5.41, 5.74) is 1.97. The van der Waals surface area contributed by atoms with Crippen molar-refractivity contribution in [1.82, 2.24) is 19.6 Å². The fourth-order valence-electron chi connectivity index (χ4n) is 3.19. The van der Waals surface area contributed by atoms with Gasteiger partial charge in [-0.2, -0.15) is 10.2 Å². The minimum atomic E-state index is -1.60. The second kappa shape index (κ2) is 15.7. The van der Waals surface area contributed by atoms with E-state index in [4.69, 9.17) is 25.6 Å². The Kier molecular flexibility index (Phi) is 14.5. The Morgan fingerprint density at radius 3 is 1.50 bits per heavy atom. The van der Waals surface area contributed by atoms with Gasteiger partial charge < -0.3 is 14.0 Å². The fourth-order valence-corrected chi connectivity index (χ4v) is 5.59. The molecule has 7 nitrogen and oxygen atoms in total. The Morgan fingerprint density at radius 1 is 0.737 bits per heavy atom. The van der Waals surface area contributed by atoms with Crippen LogP contribution in [0.2, 0.25) is 36.3 Å². The summed E-state index contributed by atoms with van der Waals surface area (Å²) in [7, 11) is -3.18. The molecule has 0 atom stereocenters. The molecule has 0 spiro atoms.